The van der Waals surface area contributed by atoms with E-state index in [9.17, 15) is 5.11 Å². The average Bonchev–Trinajstić information content (AvgIpc) is 2.98. The monoisotopic (exact) mass is 212 g/mol. The standard InChI is InChI=1S/C14H28O/c1-3-4-5-6-7-8-9-10-14(11-12-14)13(2)15/h13,15H,3-12H2,1-2H3. The van der Waals surface area contributed by atoms with Crippen molar-refractivity contribution >= 4 is 0 Å². The van der Waals surface area contributed by atoms with Crippen LogP contribution < -0.4 is 0 Å². The molecule has 0 heterocycles. The molecule has 0 amide bonds. The molecule has 0 bridgehead atoms. The van der Waals surface area contributed by atoms with Crippen molar-refractivity contribution in [3.63, 3.8) is 0 Å². The molecule has 15 heavy (non-hydrogen) atoms. The van der Waals surface area contributed by atoms with Gasteiger partial charge in [0, 0.05) is 0 Å². The Hall–Kier alpha value is -0.0400. The van der Waals surface area contributed by atoms with E-state index in [0.29, 0.717) is 5.41 Å². The van der Waals surface area contributed by atoms with E-state index >= 15 is 0 Å². The van der Waals surface area contributed by atoms with E-state index < -0.39 is 0 Å². The van der Waals surface area contributed by atoms with Crippen LogP contribution in [-0.2, 0) is 0 Å². The summed E-state index contributed by atoms with van der Waals surface area (Å²) >= 11 is 0. The van der Waals surface area contributed by atoms with Crippen molar-refractivity contribution in [3.8, 4) is 0 Å². The van der Waals surface area contributed by atoms with Gasteiger partial charge in [0.2, 0.25) is 0 Å². The summed E-state index contributed by atoms with van der Waals surface area (Å²) in [5.74, 6) is 0. The summed E-state index contributed by atoms with van der Waals surface area (Å²) in [5.41, 5.74) is 0.351. The van der Waals surface area contributed by atoms with Crippen LogP contribution in [0.3, 0.4) is 0 Å². The zero-order chi connectivity index (χ0) is 11.1. The Balaban J connectivity index is 1.89. The molecule has 0 spiro atoms. The van der Waals surface area contributed by atoms with Gasteiger partial charge < -0.3 is 5.11 Å². The predicted molar refractivity (Wildman–Crippen MR) is 66.0 cm³/mol. The van der Waals surface area contributed by atoms with Crippen molar-refractivity contribution in [2.75, 3.05) is 0 Å². The van der Waals surface area contributed by atoms with Gasteiger partial charge in [-0.1, -0.05) is 51.9 Å². The summed E-state index contributed by atoms with van der Waals surface area (Å²) in [7, 11) is 0. The molecule has 1 aliphatic rings. The average molecular weight is 212 g/mol. The van der Waals surface area contributed by atoms with Crippen LogP contribution in [0, 0.1) is 5.41 Å². The fourth-order valence-electron chi connectivity index (χ4n) is 2.47. The zero-order valence-corrected chi connectivity index (χ0v) is 10.6. The minimum absolute atomic E-state index is 0.0717. The molecule has 1 atom stereocenters. The molecule has 1 rings (SSSR count). The maximum absolute atomic E-state index is 9.62. The molecule has 0 aliphatic heterocycles. The van der Waals surface area contributed by atoms with Crippen LogP contribution in [0.15, 0.2) is 0 Å². The lowest BCUT2D eigenvalue weighted by molar-refractivity contribution is 0.102. The minimum atomic E-state index is -0.0717. The number of unbranched alkanes of at least 4 members (excludes halogenated alkanes) is 6. The first kappa shape index (κ1) is 13.0. The van der Waals surface area contributed by atoms with Gasteiger partial charge in [0.15, 0.2) is 0 Å². The van der Waals surface area contributed by atoms with Crippen LogP contribution >= 0.6 is 0 Å². The van der Waals surface area contributed by atoms with Gasteiger partial charge >= 0.3 is 0 Å². The molecular formula is C14H28O. The highest BCUT2D eigenvalue weighted by Gasteiger charge is 2.45. The second-order valence-electron chi connectivity index (χ2n) is 5.41. The quantitative estimate of drug-likeness (QED) is 0.565. The fourth-order valence-corrected chi connectivity index (χ4v) is 2.47. The first-order valence-electron chi connectivity index (χ1n) is 6.89. The zero-order valence-electron chi connectivity index (χ0n) is 10.6. The number of hydrogen-bond acceptors (Lipinski definition) is 1. The van der Waals surface area contributed by atoms with Crippen molar-refractivity contribution in [1.29, 1.82) is 0 Å². The van der Waals surface area contributed by atoms with E-state index in [-0.39, 0.29) is 6.10 Å². The molecule has 1 aliphatic carbocycles. The highest BCUT2D eigenvalue weighted by molar-refractivity contribution is 4.96. The van der Waals surface area contributed by atoms with E-state index in [4.69, 9.17) is 0 Å². The van der Waals surface area contributed by atoms with E-state index in [1.54, 1.807) is 0 Å². The van der Waals surface area contributed by atoms with Crippen molar-refractivity contribution in [3.05, 3.63) is 0 Å². The van der Waals surface area contributed by atoms with Crippen LogP contribution in [0.4, 0.5) is 0 Å². The van der Waals surface area contributed by atoms with Crippen LogP contribution in [-0.4, -0.2) is 11.2 Å². The first-order valence-corrected chi connectivity index (χ1v) is 6.89. The molecule has 0 radical (unpaired) electrons. The van der Waals surface area contributed by atoms with Crippen molar-refractivity contribution < 1.29 is 5.11 Å². The molecule has 1 fully saturated rings. The van der Waals surface area contributed by atoms with Crippen molar-refractivity contribution in [2.45, 2.75) is 84.2 Å². The van der Waals surface area contributed by atoms with Gasteiger partial charge in [0.05, 0.1) is 6.10 Å². The maximum Gasteiger partial charge on any atom is 0.0568 e. The van der Waals surface area contributed by atoms with Crippen molar-refractivity contribution in [2.24, 2.45) is 5.41 Å². The summed E-state index contributed by atoms with van der Waals surface area (Å²) in [4.78, 5) is 0. The van der Waals surface area contributed by atoms with E-state index in [2.05, 4.69) is 6.92 Å². The third kappa shape index (κ3) is 4.55. The van der Waals surface area contributed by atoms with Gasteiger partial charge in [-0.25, -0.2) is 0 Å². The summed E-state index contributed by atoms with van der Waals surface area (Å²) in [6, 6.07) is 0. The molecule has 90 valence electrons. The Morgan fingerprint density at radius 2 is 1.53 bits per heavy atom. The highest BCUT2D eigenvalue weighted by Crippen LogP contribution is 2.52. The Labute approximate surface area is 95.3 Å². The fraction of sp³-hybridized carbons (Fsp3) is 1.00. The molecular weight excluding hydrogens is 184 g/mol. The SMILES string of the molecule is CCCCCCCCCC1(C(C)O)CC1. The molecule has 0 aromatic heterocycles. The predicted octanol–water partition coefficient (Wildman–Crippen LogP) is 4.29. The lowest BCUT2D eigenvalue weighted by Crippen LogP contribution is -2.17. The first-order chi connectivity index (χ1) is 7.21. The largest absolute Gasteiger partial charge is 0.393 e. The third-order valence-corrected chi connectivity index (χ3v) is 4.06. The number of rotatable bonds is 9. The van der Waals surface area contributed by atoms with Crippen LogP contribution in [0.1, 0.15) is 78.1 Å². The lowest BCUT2D eigenvalue weighted by atomic mass is 9.93. The van der Waals surface area contributed by atoms with E-state index in [1.165, 1.54) is 64.2 Å². The number of aliphatic hydroxyl groups excluding tert-OH is 1. The van der Waals surface area contributed by atoms with E-state index in [0.717, 1.165) is 0 Å². The maximum atomic E-state index is 9.62. The molecule has 0 saturated heterocycles. The molecule has 0 aromatic carbocycles. The second kappa shape index (κ2) is 6.52. The van der Waals surface area contributed by atoms with Crippen LogP contribution in [0.2, 0.25) is 0 Å². The minimum Gasteiger partial charge on any atom is -0.393 e. The van der Waals surface area contributed by atoms with Gasteiger partial charge in [-0.3, -0.25) is 0 Å². The molecule has 1 unspecified atom stereocenters. The van der Waals surface area contributed by atoms with Gasteiger partial charge in [0.25, 0.3) is 0 Å². The Kier molecular flexibility index (Phi) is 5.66. The number of aliphatic hydroxyl groups is 1. The Morgan fingerprint density at radius 1 is 1.00 bits per heavy atom. The lowest BCUT2D eigenvalue weighted by Gasteiger charge is -2.17. The topological polar surface area (TPSA) is 20.2 Å². The van der Waals surface area contributed by atoms with Crippen LogP contribution in [0.5, 0.6) is 0 Å². The normalized spacial score (nSPS) is 20.2. The van der Waals surface area contributed by atoms with E-state index in [1.807, 2.05) is 6.92 Å². The molecule has 1 heteroatoms. The van der Waals surface area contributed by atoms with Crippen molar-refractivity contribution in [1.82, 2.24) is 0 Å². The highest BCUT2D eigenvalue weighted by atomic mass is 16.3. The Morgan fingerprint density at radius 3 is 2.00 bits per heavy atom. The van der Waals surface area contributed by atoms with Gasteiger partial charge in [-0.05, 0) is 31.6 Å². The summed E-state index contributed by atoms with van der Waals surface area (Å²) in [6.45, 7) is 4.23. The summed E-state index contributed by atoms with van der Waals surface area (Å²) < 4.78 is 0. The number of hydrogen-bond donors (Lipinski definition) is 1. The van der Waals surface area contributed by atoms with Crippen LogP contribution in [0.25, 0.3) is 0 Å². The molecule has 1 N–H and O–H groups in total. The van der Waals surface area contributed by atoms with Gasteiger partial charge in [-0.15, -0.1) is 0 Å². The third-order valence-electron chi connectivity index (χ3n) is 4.06. The summed E-state index contributed by atoms with van der Waals surface area (Å²) in [5, 5.41) is 9.62. The summed E-state index contributed by atoms with van der Waals surface area (Å²) in [6.07, 6.45) is 13.4. The van der Waals surface area contributed by atoms with Gasteiger partial charge in [-0.2, -0.15) is 0 Å². The molecule has 1 nitrogen and oxygen atoms in total. The molecule has 1 saturated carbocycles. The second-order valence-corrected chi connectivity index (χ2v) is 5.41. The smallest absolute Gasteiger partial charge is 0.0568 e. The molecule has 0 aromatic rings. The Bertz CT molecular complexity index is 159. The van der Waals surface area contributed by atoms with Gasteiger partial charge in [0.1, 0.15) is 0 Å².